The van der Waals surface area contributed by atoms with E-state index in [2.05, 4.69) is 26.8 Å². The van der Waals surface area contributed by atoms with Gasteiger partial charge in [-0.15, -0.1) is 0 Å². The molecule has 1 aromatic rings. The second-order valence-electron chi connectivity index (χ2n) is 6.59. The topological polar surface area (TPSA) is 44.0 Å². The Kier molecular flexibility index (Phi) is 3.69. The SMILES string of the molecule is C[C@H]1CCCC(C)(C)[C@@]1(O)Cc1cccc(C#N)c1. The van der Waals surface area contributed by atoms with Crippen molar-refractivity contribution in [1.82, 2.24) is 0 Å². The van der Waals surface area contributed by atoms with Gasteiger partial charge in [0.1, 0.15) is 0 Å². The summed E-state index contributed by atoms with van der Waals surface area (Å²) in [5.41, 5.74) is 0.970. The molecule has 2 atom stereocenters. The number of benzene rings is 1. The second-order valence-corrected chi connectivity index (χ2v) is 6.59. The molecule has 1 saturated carbocycles. The van der Waals surface area contributed by atoms with Gasteiger partial charge in [-0.3, -0.25) is 0 Å². The van der Waals surface area contributed by atoms with Crippen LogP contribution in [0, 0.1) is 22.7 Å². The molecule has 0 saturated heterocycles. The molecule has 1 aliphatic rings. The molecule has 0 unspecified atom stereocenters. The van der Waals surface area contributed by atoms with E-state index in [1.165, 1.54) is 6.42 Å². The molecular weight excluding hydrogens is 234 g/mol. The van der Waals surface area contributed by atoms with Gasteiger partial charge in [0.15, 0.2) is 0 Å². The van der Waals surface area contributed by atoms with Crippen LogP contribution in [-0.4, -0.2) is 10.7 Å². The molecule has 1 aromatic carbocycles. The van der Waals surface area contributed by atoms with Crippen LogP contribution in [0.4, 0.5) is 0 Å². The van der Waals surface area contributed by atoms with Crippen LogP contribution in [0.2, 0.25) is 0 Å². The molecule has 2 rings (SSSR count). The Labute approximate surface area is 116 Å². The first-order valence-corrected chi connectivity index (χ1v) is 7.10. The molecule has 0 amide bonds. The summed E-state index contributed by atoms with van der Waals surface area (Å²) in [6.45, 7) is 6.47. The lowest BCUT2D eigenvalue weighted by Gasteiger charge is -2.51. The summed E-state index contributed by atoms with van der Waals surface area (Å²) in [5, 5.41) is 20.2. The monoisotopic (exact) mass is 257 g/mol. The molecule has 0 aliphatic heterocycles. The predicted octanol–water partition coefficient (Wildman–Crippen LogP) is 3.68. The average Bonchev–Trinajstić information content (AvgIpc) is 2.36. The Bertz CT molecular complexity index is 500. The van der Waals surface area contributed by atoms with E-state index in [0.717, 1.165) is 18.4 Å². The minimum Gasteiger partial charge on any atom is -0.389 e. The third kappa shape index (κ3) is 2.53. The van der Waals surface area contributed by atoms with Crippen molar-refractivity contribution < 1.29 is 5.11 Å². The second kappa shape index (κ2) is 4.98. The summed E-state index contributed by atoms with van der Waals surface area (Å²) in [6, 6.07) is 9.78. The zero-order chi connectivity index (χ0) is 14.1. The molecule has 0 heterocycles. The number of hydrogen-bond donors (Lipinski definition) is 1. The van der Waals surface area contributed by atoms with E-state index in [1.54, 1.807) is 0 Å². The number of nitrogens with zero attached hydrogens (tertiary/aromatic N) is 1. The van der Waals surface area contributed by atoms with Crippen LogP contribution in [0.3, 0.4) is 0 Å². The maximum absolute atomic E-state index is 11.2. The van der Waals surface area contributed by atoms with Gasteiger partial charge >= 0.3 is 0 Å². The van der Waals surface area contributed by atoms with E-state index in [4.69, 9.17) is 5.26 Å². The first-order valence-electron chi connectivity index (χ1n) is 7.10. The van der Waals surface area contributed by atoms with Gasteiger partial charge in [-0.2, -0.15) is 5.26 Å². The number of aliphatic hydroxyl groups is 1. The van der Waals surface area contributed by atoms with Crippen molar-refractivity contribution in [3.63, 3.8) is 0 Å². The van der Waals surface area contributed by atoms with E-state index >= 15 is 0 Å². The molecule has 0 bridgehead atoms. The van der Waals surface area contributed by atoms with E-state index < -0.39 is 5.60 Å². The van der Waals surface area contributed by atoms with Crippen LogP contribution in [0.5, 0.6) is 0 Å². The third-order valence-electron chi connectivity index (χ3n) is 4.96. The molecule has 1 fully saturated rings. The lowest BCUT2D eigenvalue weighted by molar-refractivity contribution is -0.132. The average molecular weight is 257 g/mol. The van der Waals surface area contributed by atoms with Crippen LogP contribution in [0.25, 0.3) is 0 Å². The molecular formula is C17H23NO. The van der Waals surface area contributed by atoms with Gasteiger partial charge in [0.25, 0.3) is 0 Å². The van der Waals surface area contributed by atoms with Crippen molar-refractivity contribution in [2.75, 3.05) is 0 Å². The molecule has 0 radical (unpaired) electrons. The minimum atomic E-state index is -0.681. The Balaban J connectivity index is 2.31. The van der Waals surface area contributed by atoms with Gasteiger partial charge in [-0.25, -0.2) is 0 Å². The van der Waals surface area contributed by atoms with E-state index in [1.807, 2.05) is 24.3 Å². The fourth-order valence-electron chi connectivity index (χ4n) is 3.45. The van der Waals surface area contributed by atoms with Gasteiger partial charge in [-0.05, 0) is 41.9 Å². The molecule has 102 valence electrons. The summed E-state index contributed by atoms with van der Waals surface area (Å²) >= 11 is 0. The quantitative estimate of drug-likeness (QED) is 0.878. The summed E-state index contributed by atoms with van der Waals surface area (Å²) in [5.74, 6) is 0.294. The first-order chi connectivity index (χ1) is 8.89. The fourth-order valence-corrected chi connectivity index (χ4v) is 3.45. The van der Waals surface area contributed by atoms with Gasteiger partial charge in [-0.1, -0.05) is 39.3 Å². The number of rotatable bonds is 2. The summed E-state index contributed by atoms with van der Waals surface area (Å²) in [7, 11) is 0. The highest BCUT2D eigenvalue weighted by atomic mass is 16.3. The van der Waals surface area contributed by atoms with Gasteiger partial charge in [0, 0.05) is 6.42 Å². The molecule has 0 spiro atoms. The van der Waals surface area contributed by atoms with E-state index in [0.29, 0.717) is 17.9 Å². The fraction of sp³-hybridized carbons (Fsp3) is 0.588. The maximum atomic E-state index is 11.2. The number of hydrogen-bond acceptors (Lipinski definition) is 2. The molecule has 2 nitrogen and oxygen atoms in total. The largest absolute Gasteiger partial charge is 0.389 e. The van der Waals surface area contributed by atoms with Crippen LogP contribution < -0.4 is 0 Å². The standard InChI is InChI=1S/C17H23NO/c1-13-6-5-9-16(2,3)17(13,19)11-14-7-4-8-15(10-14)12-18/h4,7-8,10,13,19H,5-6,9,11H2,1-3H3/t13-,17+/m0/s1. The molecule has 1 N–H and O–H groups in total. The van der Waals surface area contributed by atoms with Gasteiger partial charge < -0.3 is 5.11 Å². The minimum absolute atomic E-state index is 0.0761. The van der Waals surface area contributed by atoms with E-state index in [-0.39, 0.29) is 5.41 Å². The smallest absolute Gasteiger partial charge is 0.0991 e. The predicted molar refractivity (Wildman–Crippen MR) is 76.6 cm³/mol. The van der Waals surface area contributed by atoms with Crippen molar-refractivity contribution in [2.45, 2.75) is 52.1 Å². The van der Waals surface area contributed by atoms with Crippen LogP contribution in [-0.2, 0) is 6.42 Å². The molecule has 1 aliphatic carbocycles. The summed E-state index contributed by atoms with van der Waals surface area (Å²) in [6.07, 6.45) is 3.97. The zero-order valence-electron chi connectivity index (χ0n) is 12.1. The highest BCUT2D eigenvalue weighted by Crippen LogP contribution is 2.48. The highest BCUT2D eigenvalue weighted by Gasteiger charge is 2.49. The zero-order valence-corrected chi connectivity index (χ0v) is 12.1. The summed E-state index contributed by atoms with van der Waals surface area (Å²) in [4.78, 5) is 0. The Morgan fingerprint density at radius 1 is 1.42 bits per heavy atom. The van der Waals surface area contributed by atoms with Crippen molar-refractivity contribution in [2.24, 2.45) is 11.3 Å². The van der Waals surface area contributed by atoms with Crippen molar-refractivity contribution in [3.05, 3.63) is 35.4 Å². The van der Waals surface area contributed by atoms with Gasteiger partial charge in [0.05, 0.1) is 17.2 Å². The van der Waals surface area contributed by atoms with Gasteiger partial charge in [0.2, 0.25) is 0 Å². The van der Waals surface area contributed by atoms with Crippen LogP contribution in [0.15, 0.2) is 24.3 Å². The molecule has 19 heavy (non-hydrogen) atoms. The lowest BCUT2D eigenvalue weighted by atomic mass is 9.59. The Morgan fingerprint density at radius 2 is 2.16 bits per heavy atom. The Hall–Kier alpha value is -1.33. The first kappa shape index (κ1) is 14.1. The van der Waals surface area contributed by atoms with Crippen molar-refractivity contribution >= 4 is 0 Å². The Morgan fingerprint density at radius 3 is 2.79 bits per heavy atom. The van der Waals surface area contributed by atoms with E-state index in [9.17, 15) is 5.11 Å². The summed E-state index contributed by atoms with van der Waals surface area (Å²) < 4.78 is 0. The molecule has 2 heteroatoms. The van der Waals surface area contributed by atoms with Crippen molar-refractivity contribution in [1.29, 1.82) is 5.26 Å². The third-order valence-corrected chi connectivity index (χ3v) is 4.96. The normalized spacial score (nSPS) is 29.7. The maximum Gasteiger partial charge on any atom is 0.0991 e. The lowest BCUT2D eigenvalue weighted by Crippen LogP contribution is -2.54. The van der Waals surface area contributed by atoms with Crippen LogP contribution >= 0.6 is 0 Å². The number of nitriles is 1. The molecule has 0 aromatic heterocycles. The highest BCUT2D eigenvalue weighted by molar-refractivity contribution is 5.33. The van der Waals surface area contributed by atoms with Crippen molar-refractivity contribution in [3.8, 4) is 6.07 Å². The van der Waals surface area contributed by atoms with Crippen LogP contribution in [0.1, 0.15) is 51.2 Å².